The Bertz CT molecular complexity index is 993. The fourth-order valence-corrected chi connectivity index (χ4v) is 7.33. The minimum Gasteiger partial charge on any atom is -0.393 e. The van der Waals surface area contributed by atoms with Crippen molar-refractivity contribution in [2.45, 2.75) is 64.9 Å². The van der Waals surface area contributed by atoms with Crippen molar-refractivity contribution in [3.05, 3.63) is 57.2 Å². The van der Waals surface area contributed by atoms with Gasteiger partial charge in [-0.05, 0) is 97.5 Å². The van der Waals surface area contributed by atoms with Gasteiger partial charge in [0.1, 0.15) is 0 Å². The Hall–Kier alpha value is -2.27. The monoisotopic (exact) mass is 421 g/mol. The van der Waals surface area contributed by atoms with Crippen LogP contribution in [0, 0.1) is 38.7 Å². The molecule has 0 unspecified atom stereocenters. The van der Waals surface area contributed by atoms with Crippen LogP contribution in [0.3, 0.4) is 0 Å². The Morgan fingerprint density at radius 2 is 1.77 bits per heavy atom. The van der Waals surface area contributed by atoms with E-state index in [-0.39, 0.29) is 28.4 Å². The minimum atomic E-state index is -0.400. The van der Waals surface area contributed by atoms with Crippen LogP contribution in [0.25, 0.3) is 6.08 Å². The molecule has 1 aromatic rings. The molecule has 0 aliphatic heterocycles. The van der Waals surface area contributed by atoms with Gasteiger partial charge in [-0.3, -0.25) is 14.9 Å². The number of benzene rings is 1. The zero-order chi connectivity index (χ0) is 22.0. The summed E-state index contributed by atoms with van der Waals surface area (Å²) < 4.78 is 0. The van der Waals surface area contributed by atoms with Crippen LogP contribution in [0.15, 0.2) is 41.5 Å². The van der Waals surface area contributed by atoms with Gasteiger partial charge in [-0.2, -0.15) is 0 Å². The molecular weight excluding hydrogens is 390 g/mol. The van der Waals surface area contributed by atoms with E-state index in [1.54, 1.807) is 12.1 Å². The van der Waals surface area contributed by atoms with Crippen LogP contribution < -0.4 is 0 Å². The maximum Gasteiger partial charge on any atom is 0.269 e. The van der Waals surface area contributed by atoms with Crippen LogP contribution in [0.5, 0.6) is 0 Å². The number of aliphatic hydroxyl groups is 1. The molecule has 164 valence electrons. The second-order valence-electron chi connectivity index (χ2n) is 10.7. The highest BCUT2D eigenvalue weighted by Gasteiger charge is 2.59. The third-order valence-corrected chi connectivity index (χ3v) is 9.16. The molecule has 5 heteroatoms. The van der Waals surface area contributed by atoms with Crippen molar-refractivity contribution < 1.29 is 14.8 Å². The van der Waals surface area contributed by atoms with E-state index in [2.05, 4.69) is 19.9 Å². The number of hydrogen-bond donors (Lipinski definition) is 1. The van der Waals surface area contributed by atoms with E-state index < -0.39 is 4.92 Å². The second kappa shape index (κ2) is 7.13. The minimum absolute atomic E-state index is 0.0685. The first kappa shape index (κ1) is 20.6. The molecule has 4 aliphatic rings. The zero-order valence-corrected chi connectivity index (χ0v) is 18.3. The lowest BCUT2D eigenvalue weighted by Gasteiger charge is -2.56. The lowest BCUT2D eigenvalue weighted by Crippen LogP contribution is -2.50. The molecule has 1 aromatic carbocycles. The number of nitrogens with zero attached hydrogens (tertiary/aromatic N) is 1. The second-order valence-corrected chi connectivity index (χ2v) is 10.7. The molecule has 5 rings (SSSR count). The van der Waals surface area contributed by atoms with Crippen LogP contribution in [-0.4, -0.2) is 21.9 Å². The summed E-state index contributed by atoms with van der Waals surface area (Å²) in [5.41, 5.74) is 3.11. The highest BCUT2D eigenvalue weighted by molar-refractivity contribution is 6.06. The first-order valence-electron chi connectivity index (χ1n) is 11.6. The zero-order valence-electron chi connectivity index (χ0n) is 18.3. The van der Waals surface area contributed by atoms with Gasteiger partial charge < -0.3 is 5.11 Å². The molecule has 3 fully saturated rings. The van der Waals surface area contributed by atoms with Crippen molar-refractivity contribution in [2.75, 3.05) is 0 Å². The van der Waals surface area contributed by atoms with Crippen LogP contribution in [0.2, 0.25) is 0 Å². The van der Waals surface area contributed by atoms with Gasteiger partial charge >= 0.3 is 0 Å². The predicted octanol–water partition coefficient (Wildman–Crippen LogP) is 5.48. The number of ketones is 1. The molecule has 0 heterocycles. The highest BCUT2D eigenvalue weighted by atomic mass is 16.6. The maximum atomic E-state index is 13.5. The van der Waals surface area contributed by atoms with Crippen LogP contribution >= 0.6 is 0 Å². The number of allylic oxidation sites excluding steroid dienone is 2. The molecule has 0 radical (unpaired) electrons. The molecule has 0 spiro atoms. The Balaban J connectivity index is 1.44. The van der Waals surface area contributed by atoms with Crippen molar-refractivity contribution in [1.29, 1.82) is 0 Å². The van der Waals surface area contributed by atoms with E-state index in [1.165, 1.54) is 17.7 Å². The van der Waals surface area contributed by atoms with E-state index in [9.17, 15) is 20.0 Å². The van der Waals surface area contributed by atoms with Gasteiger partial charge in [0.15, 0.2) is 5.78 Å². The fourth-order valence-electron chi connectivity index (χ4n) is 7.33. The molecule has 4 aliphatic carbocycles. The molecule has 0 bridgehead atoms. The van der Waals surface area contributed by atoms with Crippen molar-refractivity contribution in [3.8, 4) is 0 Å². The van der Waals surface area contributed by atoms with Gasteiger partial charge in [-0.15, -0.1) is 0 Å². The van der Waals surface area contributed by atoms with Gasteiger partial charge in [0.25, 0.3) is 5.69 Å². The highest BCUT2D eigenvalue weighted by Crippen LogP contribution is 2.64. The average molecular weight is 422 g/mol. The summed E-state index contributed by atoms with van der Waals surface area (Å²) in [5.74, 6) is 1.72. The van der Waals surface area contributed by atoms with Crippen molar-refractivity contribution >= 4 is 17.5 Å². The number of rotatable bonds is 2. The molecule has 0 aromatic heterocycles. The number of nitro groups is 1. The first-order valence-corrected chi connectivity index (χ1v) is 11.6. The van der Waals surface area contributed by atoms with E-state index >= 15 is 0 Å². The SMILES string of the molecule is C[C@@]12CC[C@H]3[C@@H](CC=C4C[C@H](O)CC[C@]43C)[C@H]1C/C(=C\c1ccc([N+](=O)[O-])cc1)C2=O. The summed E-state index contributed by atoms with van der Waals surface area (Å²) in [6.45, 7) is 4.56. The van der Waals surface area contributed by atoms with E-state index in [4.69, 9.17) is 0 Å². The quantitative estimate of drug-likeness (QED) is 0.297. The van der Waals surface area contributed by atoms with Gasteiger partial charge in [-0.25, -0.2) is 0 Å². The van der Waals surface area contributed by atoms with Crippen LogP contribution in [0.1, 0.15) is 64.4 Å². The number of carbonyl (C=O) groups excluding carboxylic acids is 1. The van der Waals surface area contributed by atoms with Gasteiger partial charge in [-0.1, -0.05) is 25.5 Å². The van der Waals surface area contributed by atoms with Crippen molar-refractivity contribution in [3.63, 3.8) is 0 Å². The molecule has 3 saturated carbocycles. The number of hydrogen-bond acceptors (Lipinski definition) is 4. The van der Waals surface area contributed by atoms with E-state index in [1.807, 2.05) is 6.08 Å². The number of non-ortho nitro benzene ring substituents is 1. The molecule has 6 atom stereocenters. The molecule has 31 heavy (non-hydrogen) atoms. The van der Waals surface area contributed by atoms with Crippen molar-refractivity contribution in [2.24, 2.45) is 28.6 Å². The summed E-state index contributed by atoms with van der Waals surface area (Å²) in [7, 11) is 0. The molecule has 0 amide bonds. The number of Topliss-reactive ketones (excluding diaryl/α,β-unsaturated/α-hetero) is 1. The Labute approximate surface area is 183 Å². The van der Waals surface area contributed by atoms with Gasteiger partial charge in [0.2, 0.25) is 0 Å². The normalized spacial score (nSPS) is 40.7. The lowest BCUT2D eigenvalue weighted by molar-refractivity contribution is -0.384. The van der Waals surface area contributed by atoms with Crippen LogP contribution in [-0.2, 0) is 4.79 Å². The third-order valence-electron chi connectivity index (χ3n) is 9.16. The molecule has 0 saturated heterocycles. The summed E-state index contributed by atoms with van der Waals surface area (Å²) in [5, 5.41) is 21.1. The maximum absolute atomic E-state index is 13.5. The smallest absolute Gasteiger partial charge is 0.269 e. The number of carbonyl (C=O) groups is 1. The first-order chi connectivity index (χ1) is 14.7. The van der Waals surface area contributed by atoms with E-state index in [0.717, 1.165) is 56.1 Å². The largest absolute Gasteiger partial charge is 0.393 e. The number of aliphatic hydroxyl groups excluding tert-OH is 1. The standard InChI is InChI=1S/C26H31NO4/c1-25-11-9-20(28)15-18(25)5-8-21-22(25)10-12-26(2)23(21)14-17(24(26)29)13-16-3-6-19(7-4-16)27(30)31/h3-7,13,20-23,28H,8-12,14-15H2,1-2H3/b17-13+/t20-,21-,22+,23-,25-,26-/m1/s1. The average Bonchev–Trinajstić information content (AvgIpc) is 2.99. The summed E-state index contributed by atoms with van der Waals surface area (Å²) in [4.78, 5) is 24.0. The van der Waals surface area contributed by atoms with Crippen molar-refractivity contribution in [1.82, 2.24) is 0 Å². The Morgan fingerprint density at radius 1 is 1.06 bits per heavy atom. The lowest BCUT2D eigenvalue weighted by atomic mass is 9.48. The Morgan fingerprint density at radius 3 is 2.48 bits per heavy atom. The summed E-state index contributed by atoms with van der Waals surface area (Å²) >= 11 is 0. The topological polar surface area (TPSA) is 80.4 Å². The number of nitro benzene ring substituents is 1. The van der Waals surface area contributed by atoms with Gasteiger partial charge in [0.05, 0.1) is 11.0 Å². The van der Waals surface area contributed by atoms with Crippen LogP contribution in [0.4, 0.5) is 5.69 Å². The molecule has 5 nitrogen and oxygen atoms in total. The predicted molar refractivity (Wildman–Crippen MR) is 119 cm³/mol. The molecular formula is C26H31NO4. The van der Waals surface area contributed by atoms with Gasteiger partial charge in [0, 0.05) is 17.5 Å². The Kier molecular flexibility index (Phi) is 4.74. The number of fused-ring (bicyclic) bond motifs is 5. The molecule has 1 N–H and O–H groups in total. The summed E-state index contributed by atoms with van der Waals surface area (Å²) in [6, 6.07) is 6.47. The fraction of sp³-hybridized carbons (Fsp3) is 0.577. The van der Waals surface area contributed by atoms with E-state index in [0.29, 0.717) is 17.8 Å². The summed E-state index contributed by atoms with van der Waals surface area (Å²) in [6.07, 6.45) is 10.7. The third kappa shape index (κ3) is 3.12.